The fourth-order valence-corrected chi connectivity index (χ4v) is 1.64. The van der Waals surface area contributed by atoms with E-state index in [0.717, 1.165) is 17.6 Å². The second-order valence-corrected chi connectivity index (χ2v) is 4.08. The van der Waals surface area contributed by atoms with Gasteiger partial charge in [-0.3, -0.25) is 4.68 Å². The molecular formula is C10H18BrN3. The number of rotatable bonds is 7. The smallest absolute Gasteiger partial charge is 0.0932 e. The first-order valence-electron chi connectivity index (χ1n) is 5.31. The highest BCUT2D eigenvalue weighted by atomic mass is 79.9. The SMILES string of the molecule is CCCCCCCn1cc(CBr)nn1. The van der Waals surface area contributed by atoms with Gasteiger partial charge in [0.15, 0.2) is 0 Å². The summed E-state index contributed by atoms with van der Waals surface area (Å²) >= 11 is 3.36. The molecule has 1 heterocycles. The van der Waals surface area contributed by atoms with Gasteiger partial charge in [-0.25, -0.2) is 0 Å². The predicted octanol–water partition coefficient (Wildman–Crippen LogP) is 3.14. The van der Waals surface area contributed by atoms with Gasteiger partial charge in [-0.1, -0.05) is 53.8 Å². The molecule has 80 valence electrons. The van der Waals surface area contributed by atoms with E-state index in [1.165, 1.54) is 32.1 Å². The van der Waals surface area contributed by atoms with Crippen molar-refractivity contribution in [3.63, 3.8) is 0 Å². The standard InChI is InChI=1S/C10H18BrN3/c1-2-3-4-5-6-7-14-9-10(8-11)12-13-14/h9H,2-8H2,1H3. The maximum absolute atomic E-state index is 4.04. The average molecular weight is 260 g/mol. The molecule has 0 radical (unpaired) electrons. The minimum atomic E-state index is 0.794. The number of hydrogen-bond donors (Lipinski definition) is 0. The topological polar surface area (TPSA) is 30.7 Å². The van der Waals surface area contributed by atoms with Gasteiger partial charge in [0, 0.05) is 18.1 Å². The highest BCUT2D eigenvalue weighted by molar-refractivity contribution is 9.08. The Hall–Kier alpha value is -0.380. The first-order chi connectivity index (χ1) is 6.86. The van der Waals surface area contributed by atoms with Crippen LogP contribution in [0.1, 0.15) is 44.7 Å². The number of unbranched alkanes of at least 4 members (excludes halogenated alkanes) is 4. The molecule has 1 rings (SSSR count). The van der Waals surface area contributed by atoms with Crippen molar-refractivity contribution in [1.82, 2.24) is 15.0 Å². The lowest BCUT2D eigenvalue weighted by atomic mass is 10.1. The Morgan fingerprint density at radius 1 is 1.29 bits per heavy atom. The Bertz CT molecular complexity index is 247. The highest BCUT2D eigenvalue weighted by Crippen LogP contribution is 2.05. The molecule has 4 heteroatoms. The van der Waals surface area contributed by atoms with Gasteiger partial charge < -0.3 is 0 Å². The van der Waals surface area contributed by atoms with Gasteiger partial charge in [0.1, 0.15) is 0 Å². The average Bonchev–Trinajstić information content (AvgIpc) is 2.65. The summed E-state index contributed by atoms with van der Waals surface area (Å²) < 4.78 is 1.93. The Labute approximate surface area is 94.0 Å². The molecule has 0 aliphatic rings. The largest absolute Gasteiger partial charge is 0.252 e. The normalized spacial score (nSPS) is 10.7. The molecule has 0 saturated heterocycles. The van der Waals surface area contributed by atoms with E-state index in [0.29, 0.717) is 0 Å². The highest BCUT2D eigenvalue weighted by Gasteiger charge is 1.97. The lowest BCUT2D eigenvalue weighted by Gasteiger charge is -1.99. The Kier molecular flexibility index (Phi) is 5.83. The second kappa shape index (κ2) is 6.98. The van der Waals surface area contributed by atoms with Crippen molar-refractivity contribution >= 4 is 15.9 Å². The summed E-state index contributed by atoms with van der Waals surface area (Å²) in [6, 6.07) is 0. The van der Waals surface area contributed by atoms with Crippen molar-refractivity contribution < 1.29 is 0 Å². The van der Waals surface area contributed by atoms with Crippen molar-refractivity contribution in [2.45, 2.75) is 50.9 Å². The number of halogens is 1. The summed E-state index contributed by atoms with van der Waals surface area (Å²) in [6.45, 7) is 3.24. The minimum absolute atomic E-state index is 0.794. The zero-order chi connectivity index (χ0) is 10.2. The number of alkyl halides is 1. The van der Waals surface area contributed by atoms with Crippen molar-refractivity contribution in [3.8, 4) is 0 Å². The van der Waals surface area contributed by atoms with Crippen LogP contribution in [0.15, 0.2) is 6.20 Å². The second-order valence-electron chi connectivity index (χ2n) is 3.52. The number of aromatic nitrogens is 3. The van der Waals surface area contributed by atoms with Crippen molar-refractivity contribution in [2.24, 2.45) is 0 Å². The van der Waals surface area contributed by atoms with E-state index >= 15 is 0 Å². The van der Waals surface area contributed by atoms with E-state index in [4.69, 9.17) is 0 Å². The predicted molar refractivity (Wildman–Crippen MR) is 61.4 cm³/mol. The van der Waals surface area contributed by atoms with E-state index < -0.39 is 0 Å². The van der Waals surface area contributed by atoms with Crippen LogP contribution in [-0.4, -0.2) is 15.0 Å². The molecule has 14 heavy (non-hydrogen) atoms. The molecular weight excluding hydrogens is 242 g/mol. The minimum Gasteiger partial charge on any atom is -0.252 e. The number of aryl methyl sites for hydroxylation is 1. The van der Waals surface area contributed by atoms with Crippen LogP contribution in [0.3, 0.4) is 0 Å². The molecule has 0 aromatic carbocycles. The summed E-state index contributed by atoms with van der Waals surface area (Å²) in [6.07, 6.45) is 8.52. The van der Waals surface area contributed by atoms with E-state index in [-0.39, 0.29) is 0 Å². The summed E-state index contributed by atoms with van der Waals surface area (Å²) in [5, 5.41) is 8.85. The summed E-state index contributed by atoms with van der Waals surface area (Å²) in [5.41, 5.74) is 1.01. The molecule has 3 nitrogen and oxygen atoms in total. The molecule has 0 N–H and O–H groups in total. The van der Waals surface area contributed by atoms with Crippen LogP contribution in [0.25, 0.3) is 0 Å². The molecule has 0 aliphatic carbocycles. The van der Waals surface area contributed by atoms with Crippen molar-refractivity contribution in [3.05, 3.63) is 11.9 Å². The summed E-state index contributed by atoms with van der Waals surface area (Å²) in [7, 11) is 0. The van der Waals surface area contributed by atoms with E-state index in [2.05, 4.69) is 33.2 Å². The van der Waals surface area contributed by atoms with Crippen LogP contribution in [0, 0.1) is 0 Å². The third-order valence-corrected chi connectivity index (χ3v) is 2.79. The van der Waals surface area contributed by atoms with E-state index in [1.54, 1.807) is 0 Å². The molecule has 0 spiro atoms. The molecule has 0 atom stereocenters. The molecule has 1 aromatic rings. The molecule has 0 bridgehead atoms. The number of nitrogens with zero attached hydrogens (tertiary/aromatic N) is 3. The van der Waals surface area contributed by atoms with Crippen LogP contribution in [0.5, 0.6) is 0 Å². The fraction of sp³-hybridized carbons (Fsp3) is 0.800. The van der Waals surface area contributed by atoms with Gasteiger partial charge >= 0.3 is 0 Å². The first-order valence-corrected chi connectivity index (χ1v) is 6.44. The maximum atomic E-state index is 4.04. The molecule has 0 unspecified atom stereocenters. The number of hydrogen-bond acceptors (Lipinski definition) is 2. The monoisotopic (exact) mass is 259 g/mol. The zero-order valence-corrected chi connectivity index (χ0v) is 10.3. The van der Waals surface area contributed by atoms with Gasteiger partial charge in [0.2, 0.25) is 0 Å². The van der Waals surface area contributed by atoms with Crippen LogP contribution >= 0.6 is 15.9 Å². The Morgan fingerprint density at radius 2 is 2.07 bits per heavy atom. The lowest BCUT2D eigenvalue weighted by molar-refractivity contribution is 0.521. The zero-order valence-electron chi connectivity index (χ0n) is 8.75. The molecule has 0 aliphatic heterocycles. The molecule has 0 saturated carbocycles. The van der Waals surface area contributed by atoms with Crippen LogP contribution in [0.2, 0.25) is 0 Å². The lowest BCUT2D eigenvalue weighted by Crippen LogP contribution is -1.98. The van der Waals surface area contributed by atoms with Gasteiger partial charge in [-0.2, -0.15) is 0 Å². The fourth-order valence-electron chi connectivity index (χ4n) is 1.39. The van der Waals surface area contributed by atoms with Gasteiger partial charge in [0.05, 0.1) is 5.69 Å². The summed E-state index contributed by atoms with van der Waals surface area (Å²) in [5.74, 6) is 0. The van der Waals surface area contributed by atoms with Gasteiger partial charge in [-0.15, -0.1) is 5.10 Å². The van der Waals surface area contributed by atoms with Crippen LogP contribution in [-0.2, 0) is 11.9 Å². The molecule has 0 amide bonds. The van der Waals surface area contributed by atoms with Crippen molar-refractivity contribution in [2.75, 3.05) is 0 Å². The molecule has 0 fully saturated rings. The first kappa shape index (κ1) is 11.7. The van der Waals surface area contributed by atoms with Gasteiger partial charge in [0.25, 0.3) is 0 Å². The maximum Gasteiger partial charge on any atom is 0.0932 e. The van der Waals surface area contributed by atoms with E-state index in [9.17, 15) is 0 Å². The summed E-state index contributed by atoms with van der Waals surface area (Å²) in [4.78, 5) is 0. The molecule has 1 aromatic heterocycles. The van der Waals surface area contributed by atoms with E-state index in [1.807, 2.05) is 10.9 Å². The quantitative estimate of drug-likeness (QED) is 0.557. The van der Waals surface area contributed by atoms with Crippen molar-refractivity contribution in [1.29, 1.82) is 0 Å². The van der Waals surface area contributed by atoms with Gasteiger partial charge in [-0.05, 0) is 6.42 Å². The third kappa shape index (κ3) is 4.22. The Balaban J connectivity index is 2.12. The van der Waals surface area contributed by atoms with Crippen LogP contribution in [0.4, 0.5) is 0 Å². The third-order valence-electron chi connectivity index (χ3n) is 2.21. The Morgan fingerprint density at radius 3 is 2.71 bits per heavy atom. The van der Waals surface area contributed by atoms with Crippen LogP contribution < -0.4 is 0 Å².